The molecule has 0 aliphatic rings. The zero-order valence-corrected chi connectivity index (χ0v) is 8.83. The molecule has 0 spiro atoms. The Hall–Kier alpha value is -0.930. The summed E-state index contributed by atoms with van der Waals surface area (Å²) in [6.45, 7) is 0.889. The lowest BCUT2D eigenvalue weighted by Gasteiger charge is -1.99. The Morgan fingerprint density at radius 2 is 2.29 bits per heavy atom. The fraction of sp³-hybridized carbons (Fsp3) is 0.273. The normalized spacial score (nSPS) is 11.0. The van der Waals surface area contributed by atoms with E-state index in [2.05, 4.69) is 5.32 Å². The number of likely N-dealkylation sites (N-methyl/N-ethyl adjacent to an activating group) is 1. The summed E-state index contributed by atoms with van der Waals surface area (Å²) in [4.78, 5) is 0. The molecule has 1 aromatic heterocycles. The number of nitrogens with one attached hydrogen (secondary N) is 1. The largest absolute Gasteiger partial charge is 0.319 e. The van der Waals surface area contributed by atoms with Gasteiger partial charge in [0.05, 0.1) is 0 Å². The zero-order chi connectivity index (χ0) is 9.97. The molecule has 0 aliphatic carbocycles. The predicted octanol–water partition coefficient (Wildman–Crippen LogP) is 2.80. The molecule has 0 fully saturated rings. The van der Waals surface area contributed by atoms with Crippen LogP contribution in [-0.2, 0) is 6.42 Å². The van der Waals surface area contributed by atoms with Crippen LogP contribution in [0.1, 0.15) is 5.56 Å². The van der Waals surface area contributed by atoms with Gasteiger partial charge in [0, 0.05) is 10.1 Å². The van der Waals surface area contributed by atoms with Crippen LogP contribution in [0.4, 0.5) is 4.39 Å². The molecule has 2 aromatic rings. The Labute approximate surface area is 86.6 Å². The van der Waals surface area contributed by atoms with E-state index >= 15 is 0 Å². The van der Waals surface area contributed by atoms with Crippen molar-refractivity contribution >= 4 is 21.4 Å². The fourth-order valence-corrected chi connectivity index (χ4v) is 2.56. The molecule has 0 aliphatic heterocycles. The summed E-state index contributed by atoms with van der Waals surface area (Å²) in [6.07, 6.45) is 0.886. The Bertz CT molecular complexity index is 436. The van der Waals surface area contributed by atoms with Gasteiger partial charge in [-0.15, -0.1) is 11.3 Å². The van der Waals surface area contributed by atoms with E-state index in [1.807, 2.05) is 18.5 Å². The van der Waals surface area contributed by atoms with E-state index in [4.69, 9.17) is 0 Å². The maximum absolute atomic E-state index is 13.5. The average molecular weight is 209 g/mol. The molecular formula is C11H12FNS. The van der Waals surface area contributed by atoms with E-state index in [-0.39, 0.29) is 5.82 Å². The molecule has 0 radical (unpaired) electrons. The third-order valence-electron chi connectivity index (χ3n) is 2.27. The smallest absolute Gasteiger partial charge is 0.132 e. The van der Waals surface area contributed by atoms with E-state index in [9.17, 15) is 4.39 Å². The molecule has 2 rings (SSSR count). The quantitative estimate of drug-likeness (QED) is 0.819. The number of hydrogen-bond donors (Lipinski definition) is 1. The van der Waals surface area contributed by atoms with Crippen LogP contribution >= 0.6 is 11.3 Å². The third-order valence-corrected chi connectivity index (χ3v) is 3.27. The minimum absolute atomic E-state index is 0.102. The monoisotopic (exact) mass is 209 g/mol. The van der Waals surface area contributed by atoms with Crippen molar-refractivity contribution in [1.29, 1.82) is 0 Å². The Morgan fingerprint density at radius 1 is 1.43 bits per heavy atom. The minimum Gasteiger partial charge on any atom is -0.319 e. The Balaban J connectivity index is 2.45. The van der Waals surface area contributed by atoms with Gasteiger partial charge >= 0.3 is 0 Å². The average Bonchev–Trinajstić information content (AvgIpc) is 2.59. The predicted molar refractivity (Wildman–Crippen MR) is 59.4 cm³/mol. The maximum Gasteiger partial charge on any atom is 0.132 e. The Kier molecular flexibility index (Phi) is 2.79. The standard InChI is InChI=1S/C11H12FNS/c1-13-6-5-8-7-14-10-4-2-3-9(12)11(8)10/h2-4,7,13H,5-6H2,1H3. The lowest BCUT2D eigenvalue weighted by atomic mass is 10.1. The fourth-order valence-electron chi connectivity index (χ4n) is 1.55. The Morgan fingerprint density at radius 3 is 3.07 bits per heavy atom. The summed E-state index contributed by atoms with van der Waals surface area (Å²) in [6, 6.07) is 5.25. The number of hydrogen-bond acceptors (Lipinski definition) is 2. The van der Waals surface area contributed by atoms with Crippen LogP contribution in [0, 0.1) is 5.82 Å². The van der Waals surface area contributed by atoms with Gasteiger partial charge in [0.1, 0.15) is 5.82 Å². The second-order valence-electron chi connectivity index (χ2n) is 3.23. The van der Waals surface area contributed by atoms with Gasteiger partial charge in [-0.3, -0.25) is 0 Å². The summed E-state index contributed by atoms with van der Waals surface area (Å²) >= 11 is 1.61. The molecule has 14 heavy (non-hydrogen) atoms. The molecule has 74 valence electrons. The van der Waals surface area contributed by atoms with E-state index < -0.39 is 0 Å². The van der Waals surface area contributed by atoms with Crippen molar-refractivity contribution in [2.24, 2.45) is 0 Å². The van der Waals surface area contributed by atoms with Crippen molar-refractivity contribution in [1.82, 2.24) is 5.32 Å². The summed E-state index contributed by atoms with van der Waals surface area (Å²) in [7, 11) is 1.91. The first-order valence-corrected chi connectivity index (χ1v) is 5.50. The second-order valence-corrected chi connectivity index (χ2v) is 4.14. The van der Waals surface area contributed by atoms with Crippen LogP contribution in [0.5, 0.6) is 0 Å². The number of rotatable bonds is 3. The van der Waals surface area contributed by atoms with E-state index in [0.29, 0.717) is 0 Å². The molecule has 1 aromatic carbocycles. The van der Waals surface area contributed by atoms with Gasteiger partial charge in [-0.25, -0.2) is 4.39 Å². The van der Waals surface area contributed by atoms with Gasteiger partial charge in [0.25, 0.3) is 0 Å². The summed E-state index contributed by atoms with van der Waals surface area (Å²) in [5, 5.41) is 5.92. The summed E-state index contributed by atoms with van der Waals surface area (Å²) < 4.78 is 14.5. The molecule has 0 saturated carbocycles. The zero-order valence-electron chi connectivity index (χ0n) is 8.01. The second kappa shape index (κ2) is 4.07. The molecule has 0 amide bonds. The molecule has 0 atom stereocenters. The van der Waals surface area contributed by atoms with Crippen molar-refractivity contribution < 1.29 is 4.39 Å². The lowest BCUT2D eigenvalue weighted by Crippen LogP contribution is -2.10. The molecule has 1 nitrogen and oxygen atoms in total. The summed E-state index contributed by atoms with van der Waals surface area (Å²) in [5.74, 6) is -0.102. The highest BCUT2D eigenvalue weighted by molar-refractivity contribution is 7.17. The van der Waals surface area contributed by atoms with Gasteiger partial charge in [0.2, 0.25) is 0 Å². The van der Waals surface area contributed by atoms with Gasteiger partial charge < -0.3 is 5.32 Å². The van der Waals surface area contributed by atoms with Crippen LogP contribution in [0.25, 0.3) is 10.1 Å². The lowest BCUT2D eigenvalue weighted by molar-refractivity contribution is 0.638. The van der Waals surface area contributed by atoms with Crippen molar-refractivity contribution in [3.63, 3.8) is 0 Å². The van der Waals surface area contributed by atoms with Crippen molar-refractivity contribution in [3.8, 4) is 0 Å². The number of thiophene rings is 1. The molecule has 0 bridgehead atoms. The SMILES string of the molecule is CNCCc1csc2cccc(F)c12. The van der Waals surface area contributed by atoms with E-state index in [1.165, 1.54) is 6.07 Å². The molecule has 1 heterocycles. The first kappa shape index (κ1) is 9.62. The number of fused-ring (bicyclic) bond motifs is 1. The van der Waals surface area contributed by atoms with Crippen LogP contribution < -0.4 is 5.32 Å². The van der Waals surface area contributed by atoms with Gasteiger partial charge in [-0.05, 0) is 43.1 Å². The summed E-state index contributed by atoms with van der Waals surface area (Å²) in [5.41, 5.74) is 1.11. The van der Waals surface area contributed by atoms with Crippen LogP contribution in [-0.4, -0.2) is 13.6 Å². The van der Waals surface area contributed by atoms with Gasteiger partial charge in [-0.2, -0.15) is 0 Å². The highest BCUT2D eigenvalue weighted by atomic mass is 32.1. The van der Waals surface area contributed by atoms with E-state index in [1.54, 1.807) is 17.4 Å². The van der Waals surface area contributed by atoms with Crippen LogP contribution in [0.2, 0.25) is 0 Å². The molecular weight excluding hydrogens is 197 g/mol. The number of halogens is 1. The first-order valence-electron chi connectivity index (χ1n) is 4.62. The van der Waals surface area contributed by atoms with Crippen LogP contribution in [0.3, 0.4) is 0 Å². The minimum atomic E-state index is -0.102. The topological polar surface area (TPSA) is 12.0 Å². The molecule has 0 saturated heterocycles. The van der Waals surface area contributed by atoms with Gasteiger partial charge in [0.15, 0.2) is 0 Å². The highest BCUT2D eigenvalue weighted by Crippen LogP contribution is 2.28. The third kappa shape index (κ3) is 1.65. The molecule has 3 heteroatoms. The van der Waals surface area contributed by atoms with Crippen molar-refractivity contribution in [3.05, 3.63) is 35.0 Å². The molecule has 0 unspecified atom stereocenters. The van der Waals surface area contributed by atoms with Crippen molar-refractivity contribution in [2.45, 2.75) is 6.42 Å². The first-order chi connectivity index (χ1) is 6.83. The molecule has 1 N–H and O–H groups in total. The maximum atomic E-state index is 13.5. The number of benzene rings is 1. The van der Waals surface area contributed by atoms with E-state index in [0.717, 1.165) is 28.6 Å². The highest BCUT2D eigenvalue weighted by Gasteiger charge is 2.07. The van der Waals surface area contributed by atoms with Crippen LogP contribution in [0.15, 0.2) is 23.6 Å². The van der Waals surface area contributed by atoms with Gasteiger partial charge in [-0.1, -0.05) is 6.07 Å². The van der Waals surface area contributed by atoms with Crippen molar-refractivity contribution in [2.75, 3.05) is 13.6 Å².